The van der Waals surface area contributed by atoms with E-state index < -0.39 is 19.1 Å². The molecular formula is C8H16FO5P. The second-order valence-corrected chi connectivity index (χ2v) is 4.27. The van der Waals surface area contributed by atoms with Crippen molar-refractivity contribution in [3.8, 4) is 0 Å². The molecule has 7 heteroatoms. The topological polar surface area (TPSA) is 65.0 Å². The van der Waals surface area contributed by atoms with Gasteiger partial charge in [0.25, 0.3) is 5.57 Å². The highest BCUT2D eigenvalue weighted by Gasteiger charge is 2.35. The van der Waals surface area contributed by atoms with Gasteiger partial charge in [-0.3, -0.25) is 4.57 Å². The molecule has 0 saturated heterocycles. The van der Waals surface area contributed by atoms with Gasteiger partial charge in [-0.25, -0.2) is 0 Å². The summed E-state index contributed by atoms with van der Waals surface area (Å²) in [5.74, 6) is -1.05. The molecular weight excluding hydrogens is 226 g/mol. The minimum atomic E-state index is -4.06. The molecule has 0 radical (unpaired) electrons. The Morgan fingerprint density at radius 1 is 1.20 bits per heavy atom. The Morgan fingerprint density at radius 3 is 2.00 bits per heavy atom. The molecule has 0 fully saturated rings. The number of hydrogen-bond donors (Lipinski definition) is 1. The number of hydrogen-bond acceptors (Lipinski definition) is 5. The maximum atomic E-state index is 13.4. The zero-order chi connectivity index (χ0) is 11.9. The van der Waals surface area contributed by atoms with Gasteiger partial charge in [0.05, 0.1) is 19.8 Å². The summed E-state index contributed by atoms with van der Waals surface area (Å²) >= 11 is 0. The third-order valence-electron chi connectivity index (χ3n) is 1.30. The van der Waals surface area contributed by atoms with Gasteiger partial charge >= 0.3 is 13.5 Å². The predicted molar refractivity (Wildman–Crippen MR) is 53.2 cm³/mol. The van der Waals surface area contributed by atoms with Gasteiger partial charge in [-0.15, -0.1) is 0 Å². The molecule has 0 atom stereocenters. The maximum absolute atomic E-state index is 13.4. The summed E-state index contributed by atoms with van der Waals surface area (Å²) in [4.78, 5) is 0. The lowest BCUT2D eigenvalue weighted by Crippen LogP contribution is -2.01. The van der Waals surface area contributed by atoms with Crippen LogP contribution in [0.3, 0.4) is 0 Å². The van der Waals surface area contributed by atoms with Gasteiger partial charge in [-0.1, -0.05) is 0 Å². The van der Waals surface area contributed by atoms with Crippen LogP contribution >= 0.6 is 7.60 Å². The zero-order valence-electron chi connectivity index (χ0n) is 9.03. The van der Waals surface area contributed by atoms with Crippen LogP contribution < -0.4 is 0 Å². The first-order chi connectivity index (χ1) is 7.01. The molecule has 0 aromatic rings. The third kappa shape index (κ3) is 4.20. The fraction of sp³-hybridized carbons (Fsp3) is 0.750. The molecule has 0 saturated carbocycles. The fourth-order valence-corrected chi connectivity index (χ4v) is 2.08. The molecule has 0 unspecified atom stereocenters. The van der Waals surface area contributed by atoms with E-state index >= 15 is 0 Å². The lowest BCUT2D eigenvalue weighted by atomic mass is 10.8. The average molecular weight is 242 g/mol. The molecule has 0 rings (SSSR count). The van der Waals surface area contributed by atoms with E-state index in [0.29, 0.717) is 0 Å². The second kappa shape index (κ2) is 6.82. The highest BCUT2D eigenvalue weighted by Crippen LogP contribution is 2.57. The summed E-state index contributed by atoms with van der Waals surface area (Å²) in [6.45, 7) is 4.69. The molecule has 0 heterocycles. The second-order valence-electron chi connectivity index (χ2n) is 2.36. The van der Waals surface area contributed by atoms with Gasteiger partial charge in [0.2, 0.25) is 0 Å². The summed E-state index contributed by atoms with van der Waals surface area (Å²) in [7, 11) is -4.06. The van der Waals surface area contributed by atoms with E-state index in [9.17, 15) is 8.96 Å². The van der Waals surface area contributed by atoms with Gasteiger partial charge in [-0.2, -0.15) is 4.39 Å². The predicted octanol–water partition coefficient (Wildman–Crippen LogP) is 2.94. The lowest BCUT2D eigenvalue weighted by molar-refractivity contribution is 0.0905. The van der Waals surface area contributed by atoms with E-state index in [0.717, 1.165) is 0 Å². The molecule has 5 nitrogen and oxygen atoms in total. The van der Waals surface area contributed by atoms with E-state index in [1.165, 1.54) is 13.8 Å². The SMILES string of the molecule is CCO/C(O)=C(\F)P(=O)(OCC)OCC. The number of aliphatic hydroxyl groups excluding tert-OH is 1. The molecule has 1 N–H and O–H groups in total. The van der Waals surface area contributed by atoms with Crippen molar-refractivity contribution in [3.05, 3.63) is 11.5 Å². The summed E-state index contributed by atoms with van der Waals surface area (Å²) in [6.07, 6.45) is 0. The molecule has 0 aliphatic heterocycles. The van der Waals surface area contributed by atoms with Gasteiger partial charge in [0, 0.05) is 0 Å². The Labute approximate surface area is 88.4 Å². The van der Waals surface area contributed by atoms with Gasteiger partial charge in [0.1, 0.15) is 0 Å². The van der Waals surface area contributed by atoms with Crippen LogP contribution in [0.4, 0.5) is 4.39 Å². The van der Waals surface area contributed by atoms with Gasteiger partial charge < -0.3 is 18.9 Å². The van der Waals surface area contributed by atoms with Crippen LogP contribution in [0.15, 0.2) is 11.5 Å². The fourth-order valence-electron chi connectivity index (χ4n) is 0.804. The summed E-state index contributed by atoms with van der Waals surface area (Å²) < 4.78 is 38.9. The molecule has 0 amide bonds. The van der Waals surface area contributed by atoms with Crippen LogP contribution in [0.5, 0.6) is 0 Å². The van der Waals surface area contributed by atoms with Crippen molar-refractivity contribution in [1.82, 2.24) is 0 Å². The first kappa shape index (κ1) is 14.4. The Bertz CT molecular complexity index is 256. The number of rotatable bonds is 7. The van der Waals surface area contributed by atoms with E-state index in [1.54, 1.807) is 6.92 Å². The first-order valence-corrected chi connectivity index (χ1v) is 6.17. The lowest BCUT2D eigenvalue weighted by Gasteiger charge is -2.15. The quantitative estimate of drug-likeness (QED) is 0.549. The van der Waals surface area contributed by atoms with Crippen molar-refractivity contribution < 1.29 is 27.8 Å². The van der Waals surface area contributed by atoms with Crippen LogP contribution in [0.1, 0.15) is 20.8 Å². The molecule has 0 aliphatic rings. The van der Waals surface area contributed by atoms with Gasteiger partial charge in [0.15, 0.2) is 0 Å². The van der Waals surface area contributed by atoms with E-state index in [2.05, 4.69) is 13.8 Å². The van der Waals surface area contributed by atoms with Crippen molar-refractivity contribution >= 4 is 7.60 Å². The average Bonchev–Trinajstić information content (AvgIpc) is 2.17. The Balaban J connectivity index is 4.90. The van der Waals surface area contributed by atoms with E-state index in [4.69, 9.17) is 5.11 Å². The van der Waals surface area contributed by atoms with Crippen molar-refractivity contribution in [2.75, 3.05) is 19.8 Å². The highest BCUT2D eigenvalue weighted by atomic mass is 31.2. The molecule has 0 aliphatic carbocycles. The molecule has 0 bridgehead atoms. The normalized spacial score (nSPS) is 13.6. The van der Waals surface area contributed by atoms with Crippen molar-refractivity contribution in [2.45, 2.75) is 20.8 Å². The van der Waals surface area contributed by atoms with Crippen molar-refractivity contribution in [3.63, 3.8) is 0 Å². The summed E-state index contributed by atoms with van der Waals surface area (Å²) in [5.41, 5.74) is -1.40. The first-order valence-electron chi connectivity index (χ1n) is 4.63. The van der Waals surface area contributed by atoms with Crippen LogP contribution in [0.2, 0.25) is 0 Å². The number of ether oxygens (including phenoxy) is 1. The Hall–Kier alpha value is -0.580. The monoisotopic (exact) mass is 242 g/mol. The van der Waals surface area contributed by atoms with Crippen LogP contribution in [0.25, 0.3) is 0 Å². The number of halogens is 1. The number of aliphatic hydroxyl groups is 1. The third-order valence-corrected chi connectivity index (χ3v) is 3.16. The van der Waals surface area contributed by atoms with Gasteiger partial charge in [-0.05, 0) is 20.8 Å². The Kier molecular flexibility index (Phi) is 6.56. The summed E-state index contributed by atoms with van der Waals surface area (Å²) in [5, 5.41) is 9.06. The minimum Gasteiger partial charge on any atom is -0.479 e. The van der Waals surface area contributed by atoms with E-state index in [1.807, 2.05) is 0 Å². The minimum absolute atomic E-state index is 0.00407. The zero-order valence-corrected chi connectivity index (χ0v) is 9.92. The maximum Gasteiger partial charge on any atom is 0.396 e. The van der Waals surface area contributed by atoms with Crippen LogP contribution in [0, 0.1) is 0 Å². The molecule has 0 aromatic carbocycles. The van der Waals surface area contributed by atoms with Crippen LogP contribution in [-0.2, 0) is 18.3 Å². The molecule has 15 heavy (non-hydrogen) atoms. The highest BCUT2D eigenvalue weighted by molar-refractivity contribution is 7.58. The smallest absolute Gasteiger partial charge is 0.396 e. The van der Waals surface area contributed by atoms with Crippen molar-refractivity contribution in [2.24, 2.45) is 0 Å². The largest absolute Gasteiger partial charge is 0.479 e. The summed E-state index contributed by atoms with van der Waals surface area (Å²) in [6, 6.07) is 0. The van der Waals surface area contributed by atoms with Crippen molar-refractivity contribution in [1.29, 1.82) is 0 Å². The van der Waals surface area contributed by atoms with Crippen LogP contribution in [-0.4, -0.2) is 24.9 Å². The molecule has 0 spiro atoms. The Morgan fingerprint density at radius 2 is 1.67 bits per heavy atom. The van der Waals surface area contributed by atoms with E-state index in [-0.39, 0.29) is 19.8 Å². The standard InChI is InChI=1S/C8H16FO5P/c1-4-12-8(10)7(9)15(11,13-5-2)14-6-3/h10H,4-6H2,1-3H3/b8-7+. The molecule has 0 aromatic heterocycles. The molecule has 90 valence electrons.